The summed E-state index contributed by atoms with van der Waals surface area (Å²) < 4.78 is 13.1. The third-order valence-electron chi connectivity index (χ3n) is 6.19. The summed E-state index contributed by atoms with van der Waals surface area (Å²) in [6, 6.07) is 12.5. The van der Waals surface area contributed by atoms with Gasteiger partial charge in [-0.3, -0.25) is 4.79 Å². The predicted molar refractivity (Wildman–Crippen MR) is 109 cm³/mol. The van der Waals surface area contributed by atoms with Gasteiger partial charge in [0.05, 0.1) is 5.56 Å². The Bertz CT molecular complexity index is 875. The number of carbonyl (C=O) groups excluding carboxylic acids is 1. The molecule has 4 rings (SSSR count). The lowest BCUT2D eigenvalue weighted by Gasteiger charge is -2.37. The summed E-state index contributed by atoms with van der Waals surface area (Å²) in [7, 11) is 0. The molecule has 150 valence electrons. The van der Waals surface area contributed by atoms with Crippen molar-refractivity contribution < 1.29 is 9.18 Å². The quantitative estimate of drug-likeness (QED) is 0.799. The standard InChI is InChI=1S/C23H25FN4O/c24-21-4-2-18(3-5-21)19-7-13-28(14-8-19)23(29)20-9-11-27(12-10-20)22-6-1-17(15-25)16-26-22/h1-6,16,19-20H,7-14H2. The average Bonchev–Trinajstić information content (AvgIpc) is 2.79. The summed E-state index contributed by atoms with van der Waals surface area (Å²) in [5.74, 6) is 1.42. The number of amides is 1. The number of anilines is 1. The lowest BCUT2D eigenvalue weighted by molar-refractivity contribution is -0.137. The van der Waals surface area contributed by atoms with Gasteiger partial charge in [-0.25, -0.2) is 9.37 Å². The van der Waals surface area contributed by atoms with E-state index in [1.54, 1.807) is 12.3 Å². The summed E-state index contributed by atoms with van der Waals surface area (Å²) in [4.78, 5) is 21.5. The first-order valence-electron chi connectivity index (χ1n) is 10.3. The largest absolute Gasteiger partial charge is 0.357 e. The molecule has 0 radical (unpaired) electrons. The molecule has 29 heavy (non-hydrogen) atoms. The van der Waals surface area contributed by atoms with Crippen molar-refractivity contribution in [3.63, 3.8) is 0 Å². The highest BCUT2D eigenvalue weighted by molar-refractivity contribution is 5.79. The zero-order valence-corrected chi connectivity index (χ0v) is 16.4. The number of nitriles is 1. The Morgan fingerprint density at radius 1 is 1.00 bits per heavy atom. The van der Waals surface area contributed by atoms with Crippen molar-refractivity contribution in [1.29, 1.82) is 5.26 Å². The van der Waals surface area contributed by atoms with Crippen molar-refractivity contribution in [1.82, 2.24) is 9.88 Å². The second-order valence-electron chi connectivity index (χ2n) is 7.93. The minimum atomic E-state index is -0.205. The van der Waals surface area contributed by atoms with E-state index < -0.39 is 0 Å². The SMILES string of the molecule is N#Cc1ccc(N2CCC(C(=O)N3CCC(c4ccc(F)cc4)CC3)CC2)nc1. The van der Waals surface area contributed by atoms with Crippen LogP contribution in [-0.2, 0) is 4.79 Å². The van der Waals surface area contributed by atoms with Gasteiger partial charge in [0.15, 0.2) is 0 Å². The Hall–Kier alpha value is -2.94. The fourth-order valence-corrected chi connectivity index (χ4v) is 4.42. The van der Waals surface area contributed by atoms with Gasteiger partial charge >= 0.3 is 0 Å². The topological polar surface area (TPSA) is 60.2 Å². The molecule has 0 bridgehead atoms. The number of carbonyl (C=O) groups is 1. The maximum absolute atomic E-state index is 13.1. The van der Waals surface area contributed by atoms with Crippen LogP contribution in [0.2, 0.25) is 0 Å². The van der Waals surface area contributed by atoms with Crippen molar-refractivity contribution >= 4 is 11.7 Å². The van der Waals surface area contributed by atoms with E-state index >= 15 is 0 Å². The molecule has 1 aromatic carbocycles. The number of aromatic nitrogens is 1. The molecule has 0 N–H and O–H groups in total. The van der Waals surface area contributed by atoms with Gasteiger partial charge in [0, 0.05) is 38.3 Å². The number of nitrogens with zero attached hydrogens (tertiary/aromatic N) is 4. The van der Waals surface area contributed by atoms with E-state index in [1.807, 2.05) is 23.1 Å². The Morgan fingerprint density at radius 3 is 2.28 bits per heavy atom. The number of piperidine rings is 2. The first-order valence-corrected chi connectivity index (χ1v) is 10.3. The first kappa shape index (κ1) is 19.4. The highest BCUT2D eigenvalue weighted by atomic mass is 19.1. The van der Waals surface area contributed by atoms with E-state index in [2.05, 4.69) is 16.0 Å². The number of pyridine rings is 1. The average molecular weight is 392 g/mol. The van der Waals surface area contributed by atoms with Crippen LogP contribution in [0.4, 0.5) is 10.2 Å². The third-order valence-corrected chi connectivity index (χ3v) is 6.19. The smallest absolute Gasteiger partial charge is 0.225 e. The van der Waals surface area contributed by atoms with Crippen LogP contribution in [0.5, 0.6) is 0 Å². The monoisotopic (exact) mass is 392 g/mol. The van der Waals surface area contributed by atoms with Crippen LogP contribution in [-0.4, -0.2) is 42.0 Å². The maximum Gasteiger partial charge on any atom is 0.225 e. The van der Waals surface area contributed by atoms with E-state index in [1.165, 1.54) is 17.7 Å². The summed E-state index contributed by atoms with van der Waals surface area (Å²) in [6.07, 6.45) is 5.13. The predicted octanol–water partition coefficient (Wildman–Crippen LogP) is 3.71. The Kier molecular flexibility index (Phi) is 5.75. The highest BCUT2D eigenvalue weighted by Gasteiger charge is 2.31. The van der Waals surface area contributed by atoms with Crippen molar-refractivity contribution in [2.75, 3.05) is 31.1 Å². The molecule has 1 amide bonds. The molecule has 6 heteroatoms. The van der Waals surface area contributed by atoms with E-state index in [-0.39, 0.29) is 17.6 Å². The van der Waals surface area contributed by atoms with Crippen molar-refractivity contribution in [3.05, 3.63) is 59.5 Å². The van der Waals surface area contributed by atoms with Crippen molar-refractivity contribution in [3.8, 4) is 6.07 Å². The molecular formula is C23H25FN4O. The lowest BCUT2D eigenvalue weighted by atomic mass is 9.88. The molecule has 2 aliphatic rings. The Morgan fingerprint density at radius 2 is 1.69 bits per heavy atom. The van der Waals surface area contributed by atoms with E-state index in [0.29, 0.717) is 11.5 Å². The van der Waals surface area contributed by atoms with E-state index in [4.69, 9.17) is 5.26 Å². The summed E-state index contributed by atoms with van der Waals surface area (Å²) in [5, 5.41) is 8.89. The molecule has 0 aliphatic carbocycles. The molecule has 0 unspecified atom stereocenters. The van der Waals surface area contributed by atoms with Gasteiger partial charge in [-0.05, 0) is 61.4 Å². The number of benzene rings is 1. The van der Waals surface area contributed by atoms with Crippen LogP contribution in [0.1, 0.15) is 42.7 Å². The van der Waals surface area contributed by atoms with Gasteiger partial charge in [-0.2, -0.15) is 5.26 Å². The molecule has 2 aromatic rings. The second kappa shape index (κ2) is 8.60. The molecule has 3 heterocycles. The van der Waals surface area contributed by atoms with Gasteiger partial charge in [-0.15, -0.1) is 0 Å². The normalized spacial score (nSPS) is 18.5. The van der Waals surface area contributed by atoms with E-state index in [0.717, 1.165) is 57.7 Å². The van der Waals surface area contributed by atoms with Gasteiger partial charge in [0.2, 0.25) is 5.91 Å². The summed E-state index contributed by atoms with van der Waals surface area (Å²) in [5.41, 5.74) is 1.73. The summed E-state index contributed by atoms with van der Waals surface area (Å²) in [6.45, 7) is 3.17. The molecule has 0 spiro atoms. The van der Waals surface area contributed by atoms with E-state index in [9.17, 15) is 9.18 Å². The molecule has 2 fully saturated rings. The molecule has 5 nitrogen and oxygen atoms in total. The third kappa shape index (κ3) is 4.40. The number of halogens is 1. The molecule has 0 atom stereocenters. The number of likely N-dealkylation sites (tertiary alicyclic amines) is 1. The van der Waals surface area contributed by atoms with Gasteiger partial charge in [0.25, 0.3) is 0 Å². The zero-order chi connectivity index (χ0) is 20.2. The van der Waals surface area contributed by atoms with Gasteiger partial charge < -0.3 is 9.80 Å². The molecular weight excluding hydrogens is 367 g/mol. The van der Waals surface area contributed by atoms with Crippen molar-refractivity contribution in [2.24, 2.45) is 5.92 Å². The molecule has 2 saturated heterocycles. The second-order valence-corrected chi connectivity index (χ2v) is 7.93. The lowest BCUT2D eigenvalue weighted by Crippen LogP contribution is -2.45. The van der Waals surface area contributed by atoms with Crippen LogP contribution in [0, 0.1) is 23.1 Å². The Balaban J connectivity index is 1.27. The zero-order valence-electron chi connectivity index (χ0n) is 16.4. The maximum atomic E-state index is 13.1. The molecule has 2 aliphatic heterocycles. The van der Waals surface area contributed by atoms with Crippen LogP contribution in [0.15, 0.2) is 42.6 Å². The fourth-order valence-electron chi connectivity index (χ4n) is 4.42. The number of rotatable bonds is 3. The van der Waals surface area contributed by atoms with Crippen LogP contribution >= 0.6 is 0 Å². The Labute approximate surface area is 170 Å². The highest BCUT2D eigenvalue weighted by Crippen LogP contribution is 2.30. The number of hydrogen-bond acceptors (Lipinski definition) is 4. The van der Waals surface area contributed by atoms with Gasteiger partial charge in [-0.1, -0.05) is 12.1 Å². The van der Waals surface area contributed by atoms with Crippen LogP contribution < -0.4 is 4.90 Å². The minimum Gasteiger partial charge on any atom is -0.357 e. The molecule has 0 saturated carbocycles. The first-order chi connectivity index (χ1) is 14.1. The van der Waals surface area contributed by atoms with Crippen LogP contribution in [0.25, 0.3) is 0 Å². The summed E-state index contributed by atoms with van der Waals surface area (Å²) >= 11 is 0. The number of hydrogen-bond donors (Lipinski definition) is 0. The van der Waals surface area contributed by atoms with Crippen molar-refractivity contribution in [2.45, 2.75) is 31.6 Å². The van der Waals surface area contributed by atoms with Crippen LogP contribution in [0.3, 0.4) is 0 Å². The molecule has 1 aromatic heterocycles. The van der Waals surface area contributed by atoms with Gasteiger partial charge in [0.1, 0.15) is 17.7 Å². The minimum absolute atomic E-state index is 0.0759. The fraction of sp³-hybridized carbons (Fsp3) is 0.435.